The van der Waals surface area contributed by atoms with Crippen LogP contribution in [-0.2, 0) is 9.59 Å². The van der Waals surface area contributed by atoms with E-state index in [0.29, 0.717) is 24.8 Å². The van der Waals surface area contributed by atoms with Crippen molar-refractivity contribution < 1.29 is 9.59 Å². The van der Waals surface area contributed by atoms with Crippen molar-refractivity contribution in [2.45, 2.75) is 70.4 Å². The van der Waals surface area contributed by atoms with Gasteiger partial charge in [-0.15, -0.1) is 0 Å². The van der Waals surface area contributed by atoms with E-state index >= 15 is 0 Å². The SMILES string of the molecule is CC(C1CCCCC1)N1CCC(=O)NC(C2CC2)C1=O. The highest BCUT2D eigenvalue weighted by molar-refractivity contribution is 5.90. The van der Waals surface area contributed by atoms with E-state index in [2.05, 4.69) is 12.2 Å². The van der Waals surface area contributed by atoms with E-state index < -0.39 is 0 Å². The van der Waals surface area contributed by atoms with Gasteiger partial charge >= 0.3 is 0 Å². The van der Waals surface area contributed by atoms with Gasteiger partial charge < -0.3 is 10.2 Å². The van der Waals surface area contributed by atoms with Gasteiger partial charge in [-0.1, -0.05) is 19.3 Å². The molecule has 112 valence electrons. The Hall–Kier alpha value is -1.06. The first-order valence-corrected chi connectivity index (χ1v) is 8.26. The molecule has 4 heteroatoms. The lowest BCUT2D eigenvalue weighted by molar-refractivity contribution is -0.137. The second-order valence-corrected chi connectivity index (χ2v) is 6.80. The summed E-state index contributed by atoms with van der Waals surface area (Å²) in [6, 6.07) is 0.0489. The summed E-state index contributed by atoms with van der Waals surface area (Å²) in [5.74, 6) is 1.25. The van der Waals surface area contributed by atoms with Crippen molar-refractivity contribution in [3.63, 3.8) is 0 Å². The molecule has 0 aromatic heterocycles. The molecule has 3 fully saturated rings. The van der Waals surface area contributed by atoms with Gasteiger partial charge in [0.05, 0.1) is 0 Å². The molecule has 2 aliphatic carbocycles. The van der Waals surface area contributed by atoms with Crippen LogP contribution in [0.3, 0.4) is 0 Å². The summed E-state index contributed by atoms with van der Waals surface area (Å²) in [6.45, 7) is 2.79. The van der Waals surface area contributed by atoms with Crippen molar-refractivity contribution in [3.8, 4) is 0 Å². The summed E-state index contributed by atoms with van der Waals surface area (Å²) in [7, 11) is 0. The number of carbonyl (C=O) groups is 2. The number of amides is 2. The lowest BCUT2D eigenvalue weighted by atomic mass is 9.83. The molecule has 0 spiro atoms. The van der Waals surface area contributed by atoms with Crippen LogP contribution < -0.4 is 5.32 Å². The average molecular weight is 278 g/mol. The van der Waals surface area contributed by atoms with Gasteiger partial charge in [0.25, 0.3) is 0 Å². The molecule has 2 saturated carbocycles. The normalized spacial score (nSPS) is 30.9. The van der Waals surface area contributed by atoms with Crippen LogP contribution in [0.4, 0.5) is 0 Å². The zero-order valence-corrected chi connectivity index (χ0v) is 12.4. The smallest absolute Gasteiger partial charge is 0.245 e. The topological polar surface area (TPSA) is 49.4 Å². The fourth-order valence-electron chi connectivity index (χ4n) is 3.84. The van der Waals surface area contributed by atoms with E-state index in [1.54, 1.807) is 0 Å². The highest BCUT2D eigenvalue weighted by Crippen LogP contribution is 2.36. The maximum absolute atomic E-state index is 12.8. The Morgan fingerprint density at radius 1 is 1.10 bits per heavy atom. The highest BCUT2D eigenvalue weighted by atomic mass is 16.2. The minimum Gasteiger partial charge on any atom is -0.344 e. The monoisotopic (exact) mass is 278 g/mol. The van der Waals surface area contributed by atoms with Crippen LogP contribution in [-0.4, -0.2) is 35.3 Å². The molecule has 0 aromatic carbocycles. The summed E-state index contributed by atoms with van der Waals surface area (Å²) in [5, 5.41) is 2.95. The van der Waals surface area contributed by atoms with Gasteiger partial charge in [0.1, 0.15) is 6.04 Å². The van der Waals surface area contributed by atoms with Crippen LogP contribution in [0.5, 0.6) is 0 Å². The van der Waals surface area contributed by atoms with E-state index in [4.69, 9.17) is 0 Å². The zero-order valence-electron chi connectivity index (χ0n) is 12.4. The van der Waals surface area contributed by atoms with Crippen LogP contribution >= 0.6 is 0 Å². The van der Waals surface area contributed by atoms with Gasteiger partial charge in [-0.2, -0.15) is 0 Å². The largest absolute Gasteiger partial charge is 0.344 e. The van der Waals surface area contributed by atoms with E-state index in [1.165, 1.54) is 32.1 Å². The highest BCUT2D eigenvalue weighted by Gasteiger charge is 2.42. The van der Waals surface area contributed by atoms with Crippen molar-refractivity contribution in [1.82, 2.24) is 10.2 Å². The molecule has 3 rings (SSSR count). The number of nitrogens with zero attached hydrogens (tertiary/aromatic N) is 1. The first-order chi connectivity index (χ1) is 9.66. The van der Waals surface area contributed by atoms with E-state index in [-0.39, 0.29) is 23.9 Å². The third-order valence-corrected chi connectivity index (χ3v) is 5.36. The average Bonchev–Trinajstić information content (AvgIpc) is 3.29. The standard InChI is InChI=1S/C16H26N2O2/c1-11(12-5-3-2-4-6-12)18-10-9-14(19)17-15(16(18)20)13-7-8-13/h11-13,15H,2-10H2,1H3,(H,17,19). The molecule has 1 saturated heterocycles. The van der Waals surface area contributed by atoms with Gasteiger partial charge in [-0.05, 0) is 44.4 Å². The summed E-state index contributed by atoms with van der Waals surface area (Å²) in [4.78, 5) is 26.6. The number of carbonyl (C=O) groups excluding carboxylic acids is 2. The van der Waals surface area contributed by atoms with Crippen LogP contribution in [0.2, 0.25) is 0 Å². The Kier molecular flexibility index (Phi) is 3.99. The summed E-state index contributed by atoms with van der Waals surface area (Å²) >= 11 is 0. The molecule has 0 aromatic rings. The van der Waals surface area contributed by atoms with Crippen LogP contribution in [0.1, 0.15) is 58.3 Å². The first kappa shape index (κ1) is 13.9. The maximum Gasteiger partial charge on any atom is 0.245 e. The van der Waals surface area contributed by atoms with Crippen molar-refractivity contribution in [2.24, 2.45) is 11.8 Å². The summed E-state index contributed by atoms with van der Waals surface area (Å²) in [6.07, 6.45) is 9.03. The molecule has 1 N–H and O–H groups in total. The molecule has 0 bridgehead atoms. The van der Waals surface area contributed by atoms with Crippen molar-refractivity contribution in [3.05, 3.63) is 0 Å². The fraction of sp³-hybridized carbons (Fsp3) is 0.875. The summed E-state index contributed by atoms with van der Waals surface area (Å²) < 4.78 is 0. The van der Waals surface area contributed by atoms with Gasteiger partial charge in [-0.3, -0.25) is 9.59 Å². The third-order valence-electron chi connectivity index (χ3n) is 5.36. The molecule has 20 heavy (non-hydrogen) atoms. The minimum absolute atomic E-state index is 0.0496. The van der Waals surface area contributed by atoms with Crippen molar-refractivity contribution in [2.75, 3.05) is 6.54 Å². The predicted molar refractivity (Wildman–Crippen MR) is 77.0 cm³/mol. The molecule has 2 unspecified atom stereocenters. The molecular weight excluding hydrogens is 252 g/mol. The van der Waals surface area contributed by atoms with E-state index in [1.807, 2.05) is 4.90 Å². The van der Waals surface area contributed by atoms with Gasteiger partial charge in [0.2, 0.25) is 11.8 Å². The van der Waals surface area contributed by atoms with Gasteiger partial charge in [0, 0.05) is 19.0 Å². The van der Waals surface area contributed by atoms with Crippen molar-refractivity contribution >= 4 is 11.8 Å². The molecule has 4 nitrogen and oxygen atoms in total. The Morgan fingerprint density at radius 3 is 2.45 bits per heavy atom. The van der Waals surface area contributed by atoms with Crippen molar-refractivity contribution in [1.29, 1.82) is 0 Å². The number of hydrogen-bond acceptors (Lipinski definition) is 2. The second-order valence-electron chi connectivity index (χ2n) is 6.80. The van der Waals surface area contributed by atoms with E-state index in [9.17, 15) is 9.59 Å². The second kappa shape index (κ2) is 5.74. The lowest BCUT2D eigenvalue weighted by Crippen LogP contribution is -2.50. The quantitative estimate of drug-likeness (QED) is 0.859. The maximum atomic E-state index is 12.8. The zero-order chi connectivity index (χ0) is 14.1. The third kappa shape index (κ3) is 2.84. The molecule has 1 aliphatic heterocycles. The molecular formula is C16H26N2O2. The predicted octanol–water partition coefficient (Wildman–Crippen LogP) is 2.08. The van der Waals surface area contributed by atoms with Gasteiger partial charge in [0.15, 0.2) is 0 Å². The van der Waals surface area contributed by atoms with E-state index in [0.717, 1.165) is 12.8 Å². The first-order valence-electron chi connectivity index (χ1n) is 8.26. The fourth-order valence-corrected chi connectivity index (χ4v) is 3.84. The molecule has 0 radical (unpaired) electrons. The van der Waals surface area contributed by atoms with Crippen LogP contribution in [0, 0.1) is 11.8 Å². The van der Waals surface area contributed by atoms with Crippen LogP contribution in [0.25, 0.3) is 0 Å². The minimum atomic E-state index is -0.240. The Labute approximate surface area is 121 Å². The van der Waals surface area contributed by atoms with Crippen LogP contribution in [0.15, 0.2) is 0 Å². The lowest BCUT2D eigenvalue weighted by Gasteiger charge is -2.37. The molecule has 2 atom stereocenters. The Balaban J connectivity index is 1.72. The molecule has 1 heterocycles. The number of nitrogens with one attached hydrogen (secondary N) is 1. The Morgan fingerprint density at radius 2 is 1.80 bits per heavy atom. The number of rotatable bonds is 3. The Bertz CT molecular complexity index is 386. The number of hydrogen-bond donors (Lipinski definition) is 1. The molecule has 3 aliphatic rings. The molecule has 2 amide bonds. The van der Waals surface area contributed by atoms with Gasteiger partial charge in [-0.25, -0.2) is 0 Å². The summed E-state index contributed by atoms with van der Waals surface area (Å²) in [5.41, 5.74) is 0.